The SMILES string of the molecule is Cc1cccc(NC(=O)C2CCCN(c3cc(-c4ccc(C#N)c(F)c4)nc(N)n3)C2)c1. The first kappa shape index (κ1) is 21.2. The highest BCUT2D eigenvalue weighted by molar-refractivity contribution is 5.93. The summed E-state index contributed by atoms with van der Waals surface area (Å²) in [6.07, 6.45) is 1.61. The zero-order valence-corrected chi connectivity index (χ0v) is 17.7. The molecule has 4 rings (SSSR count). The molecule has 0 spiro atoms. The highest BCUT2D eigenvalue weighted by Gasteiger charge is 2.27. The van der Waals surface area contributed by atoms with Crippen molar-refractivity contribution < 1.29 is 9.18 Å². The highest BCUT2D eigenvalue weighted by atomic mass is 19.1. The second-order valence-corrected chi connectivity index (χ2v) is 7.92. The van der Waals surface area contributed by atoms with Gasteiger partial charge in [-0.05, 0) is 49.6 Å². The summed E-state index contributed by atoms with van der Waals surface area (Å²) < 4.78 is 14.1. The lowest BCUT2D eigenvalue weighted by Crippen LogP contribution is -2.41. The monoisotopic (exact) mass is 430 g/mol. The molecule has 0 saturated carbocycles. The molecule has 8 heteroatoms. The number of carbonyl (C=O) groups is 1. The number of nitrogens with two attached hydrogens (primary N) is 1. The van der Waals surface area contributed by atoms with E-state index >= 15 is 0 Å². The molecule has 0 bridgehead atoms. The van der Waals surface area contributed by atoms with Crippen molar-refractivity contribution in [2.45, 2.75) is 19.8 Å². The van der Waals surface area contributed by atoms with Gasteiger partial charge in [-0.25, -0.2) is 9.37 Å². The molecule has 3 N–H and O–H groups in total. The normalized spacial score (nSPS) is 15.8. The van der Waals surface area contributed by atoms with Crippen LogP contribution < -0.4 is 16.0 Å². The first-order valence-electron chi connectivity index (χ1n) is 10.4. The predicted molar refractivity (Wildman–Crippen MR) is 121 cm³/mol. The molecule has 1 saturated heterocycles. The minimum atomic E-state index is -0.616. The average molecular weight is 430 g/mol. The first-order chi connectivity index (χ1) is 15.4. The fraction of sp³-hybridized carbons (Fsp3) is 0.250. The average Bonchev–Trinajstić information content (AvgIpc) is 2.78. The van der Waals surface area contributed by atoms with E-state index in [0.29, 0.717) is 23.6 Å². The van der Waals surface area contributed by atoms with Crippen molar-refractivity contribution in [3.8, 4) is 17.3 Å². The molecule has 3 aromatic rings. The number of nitrogen functional groups attached to an aromatic ring is 1. The van der Waals surface area contributed by atoms with Gasteiger partial charge >= 0.3 is 0 Å². The van der Waals surface area contributed by atoms with Crippen LogP contribution in [0.2, 0.25) is 0 Å². The van der Waals surface area contributed by atoms with Gasteiger partial charge in [0.2, 0.25) is 11.9 Å². The molecular weight excluding hydrogens is 407 g/mol. The Morgan fingerprint density at radius 3 is 2.84 bits per heavy atom. The fourth-order valence-corrected chi connectivity index (χ4v) is 3.89. The van der Waals surface area contributed by atoms with Crippen LogP contribution >= 0.6 is 0 Å². The Balaban J connectivity index is 1.54. The van der Waals surface area contributed by atoms with Gasteiger partial charge in [-0.15, -0.1) is 0 Å². The van der Waals surface area contributed by atoms with Crippen molar-refractivity contribution in [1.82, 2.24) is 9.97 Å². The number of piperidine rings is 1. The van der Waals surface area contributed by atoms with Gasteiger partial charge < -0.3 is 16.0 Å². The molecular formula is C24H23FN6O. The van der Waals surface area contributed by atoms with Gasteiger partial charge in [-0.1, -0.05) is 18.2 Å². The van der Waals surface area contributed by atoms with Crippen molar-refractivity contribution in [2.24, 2.45) is 5.92 Å². The third-order valence-electron chi connectivity index (χ3n) is 5.52. The Labute approximate surface area is 185 Å². The summed E-state index contributed by atoms with van der Waals surface area (Å²) in [6.45, 7) is 3.20. The van der Waals surface area contributed by atoms with Crippen molar-refractivity contribution in [3.63, 3.8) is 0 Å². The molecule has 0 aliphatic carbocycles. The summed E-state index contributed by atoms with van der Waals surface area (Å²) in [7, 11) is 0. The number of rotatable bonds is 4. The number of nitrogens with one attached hydrogen (secondary N) is 1. The largest absolute Gasteiger partial charge is 0.368 e. The minimum Gasteiger partial charge on any atom is -0.368 e. The zero-order valence-electron chi connectivity index (χ0n) is 17.7. The van der Waals surface area contributed by atoms with Crippen LogP contribution in [0.15, 0.2) is 48.5 Å². The summed E-state index contributed by atoms with van der Waals surface area (Å²) in [5, 5.41) is 11.9. The standard InChI is InChI=1S/C24H23FN6O/c1-15-4-2-6-19(10-15)28-23(32)18-5-3-9-31(14-18)22-12-21(29-24(27)30-22)16-7-8-17(13-26)20(25)11-16/h2,4,6-8,10-12,18H,3,5,9,14H2,1H3,(H,28,32)(H2,27,29,30). The van der Waals surface area contributed by atoms with Gasteiger partial charge in [0, 0.05) is 30.4 Å². The quantitative estimate of drug-likeness (QED) is 0.650. The van der Waals surface area contributed by atoms with Crippen LogP contribution in [-0.2, 0) is 4.79 Å². The van der Waals surface area contributed by atoms with E-state index in [-0.39, 0.29) is 23.3 Å². The third-order valence-corrected chi connectivity index (χ3v) is 5.52. The number of hydrogen-bond acceptors (Lipinski definition) is 6. The smallest absolute Gasteiger partial charge is 0.229 e. The molecule has 0 radical (unpaired) electrons. The lowest BCUT2D eigenvalue weighted by molar-refractivity contribution is -0.120. The fourth-order valence-electron chi connectivity index (χ4n) is 3.89. The summed E-state index contributed by atoms with van der Waals surface area (Å²) in [5.74, 6) is -0.193. The van der Waals surface area contributed by atoms with Gasteiger partial charge in [-0.2, -0.15) is 10.2 Å². The number of carbonyl (C=O) groups excluding carboxylic acids is 1. The van der Waals surface area contributed by atoms with E-state index in [2.05, 4.69) is 15.3 Å². The molecule has 1 aromatic heterocycles. The molecule has 2 aromatic carbocycles. The van der Waals surface area contributed by atoms with E-state index in [0.717, 1.165) is 30.6 Å². The van der Waals surface area contributed by atoms with Gasteiger partial charge in [0.1, 0.15) is 17.7 Å². The maximum atomic E-state index is 14.1. The van der Waals surface area contributed by atoms with E-state index in [1.165, 1.54) is 12.1 Å². The number of aromatic nitrogens is 2. The molecule has 1 aliphatic heterocycles. The van der Waals surface area contributed by atoms with Crippen LogP contribution in [0, 0.1) is 30.0 Å². The summed E-state index contributed by atoms with van der Waals surface area (Å²) in [5.41, 5.74) is 8.72. The van der Waals surface area contributed by atoms with Gasteiger partial charge in [0.15, 0.2) is 0 Å². The van der Waals surface area contributed by atoms with Crippen LogP contribution in [0.3, 0.4) is 0 Å². The van der Waals surface area contributed by atoms with Crippen molar-refractivity contribution in [3.05, 3.63) is 65.5 Å². The van der Waals surface area contributed by atoms with Crippen LogP contribution in [0.1, 0.15) is 24.0 Å². The molecule has 1 aliphatic rings. The van der Waals surface area contributed by atoms with Gasteiger partial charge in [0.25, 0.3) is 0 Å². The molecule has 1 amide bonds. The van der Waals surface area contributed by atoms with E-state index in [1.807, 2.05) is 36.1 Å². The Morgan fingerprint density at radius 2 is 2.09 bits per heavy atom. The second kappa shape index (κ2) is 9.02. The molecule has 162 valence electrons. The maximum Gasteiger partial charge on any atom is 0.229 e. The Morgan fingerprint density at radius 1 is 1.25 bits per heavy atom. The number of aryl methyl sites for hydroxylation is 1. The van der Waals surface area contributed by atoms with Crippen LogP contribution in [0.5, 0.6) is 0 Å². The molecule has 32 heavy (non-hydrogen) atoms. The Hall–Kier alpha value is -3.99. The molecule has 1 unspecified atom stereocenters. The number of nitriles is 1. The van der Waals surface area contributed by atoms with E-state index in [9.17, 15) is 9.18 Å². The lowest BCUT2D eigenvalue weighted by Gasteiger charge is -2.33. The number of halogens is 1. The van der Waals surface area contributed by atoms with Gasteiger partial charge in [-0.3, -0.25) is 4.79 Å². The third kappa shape index (κ3) is 4.67. The molecule has 1 fully saturated rings. The maximum absolute atomic E-state index is 14.1. The van der Waals surface area contributed by atoms with Crippen LogP contribution in [-0.4, -0.2) is 29.0 Å². The summed E-state index contributed by atoms with van der Waals surface area (Å²) >= 11 is 0. The van der Waals surface area contributed by atoms with Crippen molar-refractivity contribution >= 4 is 23.4 Å². The van der Waals surface area contributed by atoms with Crippen LogP contribution in [0.4, 0.5) is 21.8 Å². The highest BCUT2D eigenvalue weighted by Crippen LogP contribution is 2.28. The van der Waals surface area contributed by atoms with Crippen LogP contribution in [0.25, 0.3) is 11.3 Å². The minimum absolute atomic E-state index is 0.0308. The van der Waals surface area contributed by atoms with E-state index in [4.69, 9.17) is 11.0 Å². The van der Waals surface area contributed by atoms with Crippen molar-refractivity contribution in [1.29, 1.82) is 5.26 Å². The lowest BCUT2D eigenvalue weighted by atomic mass is 9.97. The molecule has 1 atom stereocenters. The summed E-state index contributed by atoms with van der Waals surface area (Å²) in [6, 6.07) is 15.5. The number of hydrogen-bond donors (Lipinski definition) is 2. The van der Waals surface area contributed by atoms with E-state index in [1.54, 1.807) is 18.2 Å². The molecule has 2 heterocycles. The second-order valence-electron chi connectivity index (χ2n) is 7.92. The number of anilines is 3. The number of nitrogens with zero attached hydrogens (tertiary/aromatic N) is 4. The number of benzene rings is 2. The topological polar surface area (TPSA) is 108 Å². The summed E-state index contributed by atoms with van der Waals surface area (Å²) in [4.78, 5) is 23.4. The Bertz CT molecular complexity index is 1210. The zero-order chi connectivity index (χ0) is 22.7. The molecule has 7 nitrogen and oxygen atoms in total. The Kier molecular flexibility index (Phi) is 5.99. The number of amides is 1. The van der Waals surface area contributed by atoms with Gasteiger partial charge in [0.05, 0.1) is 17.2 Å². The first-order valence-corrected chi connectivity index (χ1v) is 10.4. The predicted octanol–water partition coefficient (Wildman–Crippen LogP) is 3.90. The van der Waals surface area contributed by atoms with Crippen molar-refractivity contribution in [2.75, 3.05) is 29.0 Å². The van der Waals surface area contributed by atoms with E-state index < -0.39 is 5.82 Å².